The number of likely N-dealkylation sites (tertiary alicyclic amines) is 1. The molecule has 3 fully saturated rings. The van der Waals surface area contributed by atoms with E-state index in [9.17, 15) is 0 Å². The first-order valence-electron chi connectivity index (χ1n) is 10.2. The Kier molecular flexibility index (Phi) is 4.55. The third-order valence-electron chi connectivity index (χ3n) is 6.52. The van der Waals surface area contributed by atoms with Crippen LogP contribution in [0.2, 0.25) is 0 Å². The molecule has 26 heavy (non-hydrogen) atoms. The summed E-state index contributed by atoms with van der Waals surface area (Å²) in [6, 6.07) is 13.3. The first-order chi connectivity index (χ1) is 12.8. The quantitative estimate of drug-likeness (QED) is 0.794. The fraction of sp³-hybridized carbons (Fsp3) is 0.591. The smallest absolute Gasteiger partial charge is 0.0802 e. The van der Waals surface area contributed by atoms with Crippen molar-refractivity contribution in [2.45, 2.75) is 44.4 Å². The van der Waals surface area contributed by atoms with E-state index >= 15 is 0 Å². The van der Waals surface area contributed by atoms with E-state index in [0.29, 0.717) is 12.1 Å². The molecule has 0 unspecified atom stereocenters. The van der Waals surface area contributed by atoms with Gasteiger partial charge in [0.25, 0.3) is 0 Å². The fourth-order valence-electron chi connectivity index (χ4n) is 4.94. The maximum Gasteiger partial charge on any atom is 0.0802 e. The van der Waals surface area contributed by atoms with Gasteiger partial charge >= 0.3 is 0 Å². The van der Waals surface area contributed by atoms with Gasteiger partial charge in [0, 0.05) is 38.6 Å². The molecular weight excluding hydrogens is 322 g/mol. The third kappa shape index (κ3) is 3.58. The predicted octanol–water partition coefficient (Wildman–Crippen LogP) is 3.76. The molecule has 1 saturated heterocycles. The van der Waals surface area contributed by atoms with E-state index in [-0.39, 0.29) is 0 Å². The van der Waals surface area contributed by atoms with Gasteiger partial charge in [-0.1, -0.05) is 30.3 Å². The zero-order valence-corrected chi connectivity index (χ0v) is 15.4. The summed E-state index contributed by atoms with van der Waals surface area (Å²) in [4.78, 5) is 2.65. The van der Waals surface area contributed by atoms with Crippen molar-refractivity contribution in [1.29, 1.82) is 0 Å². The number of fused-ring (bicyclic) bond motifs is 1. The van der Waals surface area contributed by atoms with Gasteiger partial charge < -0.3 is 4.74 Å². The van der Waals surface area contributed by atoms with Crippen LogP contribution in [0.5, 0.6) is 0 Å². The van der Waals surface area contributed by atoms with Crippen LogP contribution in [0.25, 0.3) is 0 Å². The Hall–Kier alpha value is -1.65. The molecule has 4 atom stereocenters. The Morgan fingerprint density at radius 3 is 2.54 bits per heavy atom. The van der Waals surface area contributed by atoms with E-state index in [1.54, 1.807) is 0 Å². The molecule has 138 valence electrons. The zero-order chi connectivity index (χ0) is 17.3. The molecule has 3 aliphatic rings. The molecule has 2 aliphatic carbocycles. The summed E-state index contributed by atoms with van der Waals surface area (Å²) < 4.78 is 8.59. The number of rotatable bonds is 6. The average Bonchev–Trinajstić information content (AvgIpc) is 3.16. The van der Waals surface area contributed by atoms with Crippen LogP contribution in [-0.4, -0.2) is 40.5 Å². The van der Waals surface area contributed by atoms with Crippen molar-refractivity contribution in [2.75, 3.05) is 19.7 Å². The van der Waals surface area contributed by atoms with Crippen molar-refractivity contribution in [3.63, 3.8) is 0 Å². The number of hydrogen-bond donors (Lipinski definition) is 0. The molecule has 0 N–H and O–H groups in total. The van der Waals surface area contributed by atoms with Crippen LogP contribution in [0.3, 0.4) is 0 Å². The second kappa shape index (κ2) is 7.16. The highest BCUT2D eigenvalue weighted by molar-refractivity contribution is 5.15. The summed E-state index contributed by atoms with van der Waals surface area (Å²) in [5.41, 5.74) is 1.43. The summed E-state index contributed by atoms with van der Waals surface area (Å²) in [6.07, 6.45) is 9.45. The minimum absolute atomic E-state index is 0.327. The molecule has 4 heteroatoms. The minimum Gasteiger partial charge on any atom is -0.376 e. The summed E-state index contributed by atoms with van der Waals surface area (Å²) in [7, 11) is 0. The van der Waals surface area contributed by atoms with Crippen molar-refractivity contribution in [1.82, 2.24) is 14.7 Å². The molecule has 0 amide bonds. The maximum absolute atomic E-state index is 6.43. The van der Waals surface area contributed by atoms with Gasteiger partial charge in [-0.05, 0) is 55.1 Å². The molecular formula is C22H29N3O. The number of ether oxygens (including phenoxy) is 1. The third-order valence-corrected chi connectivity index (χ3v) is 6.52. The summed E-state index contributed by atoms with van der Waals surface area (Å²) in [5, 5.41) is 4.56. The van der Waals surface area contributed by atoms with Crippen molar-refractivity contribution >= 4 is 0 Å². The SMILES string of the molecule is c1ccc(CN2C[C@H]3C[C@H](OCC4CC4)[C@@H](n4cccn4)C[C@H]3C2)cc1. The standard InChI is InChI=1S/C22H29N3O/c1-2-5-17(6-3-1)13-24-14-19-11-21(25-10-4-9-23-25)22(12-20(19)15-24)26-16-18-7-8-18/h1-6,9-10,18-22H,7-8,11-16H2/t19-,20+,21-,22-/m0/s1. The molecule has 0 bridgehead atoms. The van der Waals surface area contributed by atoms with E-state index < -0.39 is 0 Å². The first kappa shape index (κ1) is 16.5. The van der Waals surface area contributed by atoms with Gasteiger partial charge in [0.2, 0.25) is 0 Å². The first-order valence-corrected chi connectivity index (χ1v) is 10.2. The van der Waals surface area contributed by atoms with Crippen molar-refractivity contribution in [3.8, 4) is 0 Å². The lowest BCUT2D eigenvalue weighted by molar-refractivity contribution is -0.0371. The highest BCUT2D eigenvalue weighted by Gasteiger charge is 2.43. The molecule has 4 nitrogen and oxygen atoms in total. The lowest BCUT2D eigenvalue weighted by Crippen LogP contribution is -2.38. The summed E-state index contributed by atoms with van der Waals surface area (Å²) in [5.74, 6) is 2.37. The highest BCUT2D eigenvalue weighted by atomic mass is 16.5. The van der Waals surface area contributed by atoms with Crippen molar-refractivity contribution < 1.29 is 4.74 Å². The number of aromatic nitrogens is 2. The van der Waals surface area contributed by atoms with Gasteiger partial charge in [-0.15, -0.1) is 0 Å². The van der Waals surface area contributed by atoms with Crippen LogP contribution in [0.15, 0.2) is 48.8 Å². The Morgan fingerprint density at radius 2 is 1.81 bits per heavy atom. The molecule has 0 spiro atoms. The van der Waals surface area contributed by atoms with Gasteiger partial charge in [0.15, 0.2) is 0 Å². The average molecular weight is 351 g/mol. The Bertz CT molecular complexity index is 697. The second-order valence-corrected chi connectivity index (χ2v) is 8.54. The van der Waals surface area contributed by atoms with E-state index in [0.717, 1.165) is 30.9 Å². The lowest BCUT2D eigenvalue weighted by atomic mass is 9.77. The van der Waals surface area contributed by atoms with Crippen molar-refractivity contribution in [2.24, 2.45) is 17.8 Å². The highest BCUT2D eigenvalue weighted by Crippen LogP contribution is 2.43. The number of nitrogens with zero attached hydrogens (tertiary/aromatic N) is 3. The molecule has 1 aromatic carbocycles. The lowest BCUT2D eigenvalue weighted by Gasteiger charge is -2.38. The normalized spacial score (nSPS) is 31.8. The molecule has 1 aliphatic heterocycles. The minimum atomic E-state index is 0.327. The number of hydrogen-bond acceptors (Lipinski definition) is 3. The van der Waals surface area contributed by atoms with Crippen molar-refractivity contribution in [3.05, 3.63) is 54.4 Å². The van der Waals surface area contributed by atoms with Crippen LogP contribution in [0.1, 0.15) is 37.3 Å². The largest absolute Gasteiger partial charge is 0.376 e. The Morgan fingerprint density at radius 1 is 1.00 bits per heavy atom. The zero-order valence-electron chi connectivity index (χ0n) is 15.4. The predicted molar refractivity (Wildman–Crippen MR) is 102 cm³/mol. The van der Waals surface area contributed by atoms with Crippen LogP contribution in [0, 0.1) is 17.8 Å². The summed E-state index contributed by atoms with van der Waals surface area (Å²) >= 11 is 0. The van der Waals surface area contributed by atoms with Gasteiger partial charge in [0.1, 0.15) is 0 Å². The molecule has 0 radical (unpaired) electrons. The molecule has 2 aromatic rings. The van der Waals surface area contributed by atoms with Crippen LogP contribution in [0.4, 0.5) is 0 Å². The van der Waals surface area contributed by atoms with Crippen LogP contribution < -0.4 is 0 Å². The molecule has 2 heterocycles. The van der Waals surface area contributed by atoms with Gasteiger partial charge in [-0.2, -0.15) is 5.10 Å². The molecule has 5 rings (SSSR count). The summed E-state index contributed by atoms with van der Waals surface area (Å²) in [6.45, 7) is 4.46. The second-order valence-electron chi connectivity index (χ2n) is 8.54. The molecule has 2 saturated carbocycles. The van der Waals surface area contributed by atoms with E-state index in [1.807, 2.05) is 12.3 Å². The number of benzene rings is 1. The van der Waals surface area contributed by atoms with Crippen LogP contribution in [-0.2, 0) is 11.3 Å². The Labute approximate surface area is 156 Å². The topological polar surface area (TPSA) is 30.3 Å². The van der Waals surface area contributed by atoms with E-state index in [2.05, 4.69) is 51.2 Å². The van der Waals surface area contributed by atoms with Gasteiger partial charge in [0.05, 0.1) is 12.1 Å². The maximum atomic E-state index is 6.43. The molecule has 1 aromatic heterocycles. The van der Waals surface area contributed by atoms with Crippen LogP contribution >= 0.6 is 0 Å². The van der Waals surface area contributed by atoms with Gasteiger partial charge in [-0.25, -0.2) is 0 Å². The fourth-order valence-corrected chi connectivity index (χ4v) is 4.94. The monoisotopic (exact) mass is 351 g/mol. The van der Waals surface area contributed by atoms with Gasteiger partial charge in [-0.3, -0.25) is 9.58 Å². The van der Waals surface area contributed by atoms with E-state index in [4.69, 9.17) is 4.74 Å². The van der Waals surface area contributed by atoms with E-state index in [1.165, 1.54) is 44.3 Å². The Balaban J connectivity index is 1.27.